The molecule has 4 rings (SSSR count). The van der Waals surface area contributed by atoms with Crippen LogP contribution < -0.4 is 14.8 Å². The average molecular weight is 451 g/mol. The van der Waals surface area contributed by atoms with E-state index < -0.39 is 10.0 Å². The molecular weight excluding hydrogens is 424 g/mol. The van der Waals surface area contributed by atoms with E-state index in [2.05, 4.69) is 22.2 Å². The molecule has 0 spiro atoms. The first-order chi connectivity index (χ1) is 15.4. The van der Waals surface area contributed by atoms with Crippen LogP contribution in [-0.4, -0.2) is 20.9 Å². The summed E-state index contributed by atoms with van der Waals surface area (Å²) in [6.07, 6.45) is 2.98. The van der Waals surface area contributed by atoms with E-state index in [-0.39, 0.29) is 23.5 Å². The molecule has 32 heavy (non-hydrogen) atoms. The maximum atomic E-state index is 12.6. The standard InChI is InChI=1S/C25H26N2O4S/c1-18-16-21(32(29,30)27-20-10-3-2-4-11-20)14-15-24(18)31-17-25(28)26-23-13-7-9-19-8-5-6-12-22(19)23/h2-6,8,10-12,14-16,23,27H,7,9,13,17H2,1H3,(H,26,28)/t23-/m1/s1. The summed E-state index contributed by atoms with van der Waals surface area (Å²) in [5.74, 6) is 0.274. The van der Waals surface area contributed by atoms with Gasteiger partial charge in [0.1, 0.15) is 5.75 Å². The first-order valence-corrected chi connectivity index (χ1v) is 12.1. The Morgan fingerprint density at radius 2 is 1.78 bits per heavy atom. The number of nitrogens with one attached hydrogen (secondary N) is 2. The number of fused-ring (bicyclic) bond motifs is 1. The van der Waals surface area contributed by atoms with Gasteiger partial charge in [-0.2, -0.15) is 0 Å². The molecule has 6 nitrogen and oxygen atoms in total. The molecule has 0 radical (unpaired) electrons. The van der Waals surface area contributed by atoms with Crippen LogP contribution in [0.25, 0.3) is 0 Å². The van der Waals surface area contributed by atoms with Crippen LogP contribution in [0.5, 0.6) is 5.75 Å². The number of aryl methyl sites for hydroxylation is 2. The second-order valence-electron chi connectivity index (χ2n) is 7.90. The van der Waals surface area contributed by atoms with Crippen molar-refractivity contribution in [2.24, 2.45) is 0 Å². The number of benzene rings is 3. The molecule has 1 atom stereocenters. The van der Waals surface area contributed by atoms with Crippen molar-refractivity contribution < 1.29 is 17.9 Å². The summed E-state index contributed by atoms with van der Waals surface area (Å²) in [4.78, 5) is 12.6. The summed E-state index contributed by atoms with van der Waals surface area (Å²) in [6, 6.07) is 21.5. The Hall–Kier alpha value is -3.32. The SMILES string of the molecule is Cc1cc(S(=O)(=O)Nc2ccccc2)ccc1OCC(=O)N[C@@H]1CCCc2ccccc21. The zero-order valence-electron chi connectivity index (χ0n) is 17.9. The van der Waals surface area contributed by atoms with Crippen molar-refractivity contribution in [1.29, 1.82) is 0 Å². The van der Waals surface area contributed by atoms with Crippen molar-refractivity contribution in [2.45, 2.75) is 37.1 Å². The van der Waals surface area contributed by atoms with Gasteiger partial charge in [0.25, 0.3) is 15.9 Å². The minimum Gasteiger partial charge on any atom is -0.484 e. The third kappa shape index (κ3) is 5.11. The van der Waals surface area contributed by atoms with Gasteiger partial charge in [-0.15, -0.1) is 0 Å². The normalized spacial score (nSPS) is 15.5. The van der Waals surface area contributed by atoms with E-state index in [9.17, 15) is 13.2 Å². The highest BCUT2D eigenvalue weighted by molar-refractivity contribution is 7.92. The van der Waals surface area contributed by atoms with Crippen molar-refractivity contribution in [3.63, 3.8) is 0 Å². The van der Waals surface area contributed by atoms with Gasteiger partial charge in [0.05, 0.1) is 10.9 Å². The van der Waals surface area contributed by atoms with E-state index in [1.54, 1.807) is 37.3 Å². The number of hydrogen-bond acceptors (Lipinski definition) is 4. The maximum absolute atomic E-state index is 12.6. The Bertz CT molecular complexity index is 1210. The predicted octanol–water partition coefficient (Wildman–Crippen LogP) is 4.37. The highest BCUT2D eigenvalue weighted by Crippen LogP contribution is 2.29. The van der Waals surface area contributed by atoms with Gasteiger partial charge in [-0.05, 0) is 73.2 Å². The van der Waals surface area contributed by atoms with E-state index >= 15 is 0 Å². The van der Waals surface area contributed by atoms with Crippen LogP contribution in [0.3, 0.4) is 0 Å². The van der Waals surface area contributed by atoms with E-state index in [1.807, 2.05) is 18.2 Å². The van der Waals surface area contributed by atoms with E-state index in [0.29, 0.717) is 17.0 Å². The largest absolute Gasteiger partial charge is 0.484 e. The second-order valence-corrected chi connectivity index (χ2v) is 9.58. The van der Waals surface area contributed by atoms with Gasteiger partial charge in [0.2, 0.25) is 0 Å². The van der Waals surface area contributed by atoms with Crippen LogP contribution in [0.4, 0.5) is 5.69 Å². The van der Waals surface area contributed by atoms with Crippen LogP contribution >= 0.6 is 0 Å². The molecule has 1 aliphatic carbocycles. The smallest absolute Gasteiger partial charge is 0.261 e. The quantitative estimate of drug-likeness (QED) is 0.560. The minimum absolute atomic E-state index is 0.00581. The zero-order valence-corrected chi connectivity index (χ0v) is 18.7. The summed E-state index contributed by atoms with van der Waals surface area (Å²) in [6.45, 7) is 1.63. The van der Waals surface area contributed by atoms with Crippen molar-refractivity contribution in [1.82, 2.24) is 5.32 Å². The fourth-order valence-electron chi connectivity index (χ4n) is 3.95. The number of rotatable bonds is 7. The van der Waals surface area contributed by atoms with Crippen LogP contribution in [0.2, 0.25) is 0 Å². The molecular formula is C25H26N2O4S. The Labute approximate surface area is 188 Å². The molecule has 0 fully saturated rings. The number of sulfonamides is 1. The number of ether oxygens (including phenoxy) is 1. The molecule has 1 aliphatic rings. The molecule has 0 unspecified atom stereocenters. The molecule has 0 aromatic heterocycles. The Balaban J connectivity index is 1.38. The Morgan fingerprint density at radius 1 is 1.03 bits per heavy atom. The summed E-state index contributed by atoms with van der Waals surface area (Å²) in [5.41, 5.74) is 3.58. The van der Waals surface area contributed by atoms with Gasteiger partial charge in [-0.25, -0.2) is 8.42 Å². The lowest BCUT2D eigenvalue weighted by molar-refractivity contribution is -0.124. The molecule has 0 aliphatic heterocycles. The molecule has 1 amide bonds. The van der Waals surface area contributed by atoms with Crippen molar-refractivity contribution in [3.05, 3.63) is 89.5 Å². The average Bonchev–Trinajstić information content (AvgIpc) is 2.79. The Kier molecular flexibility index (Phi) is 6.46. The molecule has 3 aromatic rings. The second kappa shape index (κ2) is 9.44. The van der Waals surface area contributed by atoms with Crippen LogP contribution in [0.1, 0.15) is 35.6 Å². The molecule has 166 valence electrons. The molecule has 0 saturated carbocycles. The monoisotopic (exact) mass is 450 g/mol. The van der Waals surface area contributed by atoms with E-state index in [4.69, 9.17) is 4.74 Å². The lowest BCUT2D eigenvalue weighted by Crippen LogP contribution is -2.34. The summed E-state index contributed by atoms with van der Waals surface area (Å²) < 4.78 is 33.5. The van der Waals surface area contributed by atoms with Gasteiger partial charge in [-0.1, -0.05) is 42.5 Å². The lowest BCUT2D eigenvalue weighted by Gasteiger charge is -2.26. The molecule has 0 bridgehead atoms. The van der Waals surface area contributed by atoms with Gasteiger partial charge in [-0.3, -0.25) is 9.52 Å². The van der Waals surface area contributed by atoms with Gasteiger partial charge in [0, 0.05) is 5.69 Å². The molecule has 2 N–H and O–H groups in total. The Morgan fingerprint density at radius 3 is 2.56 bits per heavy atom. The third-order valence-corrected chi connectivity index (χ3v) is 6.93. The first kappa shape index (κ1) is 21.9. The van der Waals surface area contributed by atoms with Crippen molar-refractivity contribution in [3.8, 4) is 5.75 Å². The molecule has 3 aromatic carbocycles. The minimum atomic E-state index is -3.72. The number of carbonyl (C=O) groups excluding carboxylic acids is 1. The summed E-state index contributed by atoms with van der Waals surface area (Å²) in [7, 11) is -3.72. The van der Waals surface area contributed by atoms with Gasteiger partial charge < -0.3 is 10.1 Å². The fraction of sp³-hybridized carbons (Fsp3) is 0.240. The van der Waals surface area contributed by atoms with Gasteiger partial charge in [0.15, 0.2) is 6.61 Å². The number of anilines is 1. The highest BCUT2D eigenvalue weighted by Gasteiger charge is 2.22. The predicted molar refractivity (Wildman–Crippen MR) is 124 cm³/mol. The summed E-state index contributed by atoms with van der Waals surface area (Å²) >= 11 is 0. The number of hydrogen-bond donors (Lipinski definition) is 2. The van der Waals surface area contributed by atoms with Gasteiger partial charge >= 0.3 is 0 Å². The maximum Gasteiger partial charge on any atom is 0.261 e. The third-order valence-electron chi connectivity index (χ3n) is 5.55. The molecule has 0 heterocycles. The van der Waals surface area contributed by atoms with E-state index in [0.717, 1.165) is 19.3 Å². The molecule has 7 heteroatoms. The van der Waals surface area contributed by atoms with Crippen molar-refractivity contribution in [2.75, 3.05) is 11.3 Å². The van der Waals surface area contributed by atoms with Crippen LogP contribution in [-0.2, 0) is 21.2 Å². The van der Waals surface area contributed by atoms with Crippen LogP contribution in [0.15, 0.2) is 77.7 Å². The number of para-hydroxylation sites is 1. The zero-order chi connectivity index (χ0) is 22.6. The van der Waals surface area contributed by atoms with Crippen molar-refractivity contribution >= 4 is 21.6 Å². The number of amides is 1. The van der Waals surface area contributed by atoms with Crippen LogP contribution in [0, 0.1) is 6.92 Å². The fourth-order valence-corrected chi connectivity index (χ4v) is 5.10. The molecule has 0 saturated heterocycles. The first-order valence-electron chi connectivity index (χ1n) is 10.6. The van der Waals surface area contributed by atoms with E-state index in [1.165, 1.54) is 23.3 Å². The lowest BCUT2D eigenvalue weighted by atomic mass is 9.88. The summed E-state index contributed by atoms with van der Waals surface area (Å²) in [5, 5.41) is 3.06. The number of carbonyl (C=O) groups is 1. The highest BCUT2D eigenvalue weighted by atomic mass is 32.2. The topological polar surface area (TPSA) is 84.5 Å².